The van der Waals surface area contributed by atoms with E-state index in [9.17, 15) is 9.59 Å². The Morgan fingerprint density at radius 2 is 1.38 bits per heavy atom. The van der Waals surface area contributed by atoms with Crippen LogP contribution in [0.5, 0.6) is 5.75 Å². The van der Waals surface area contributed by atoms with Crippen LogP contribution in [0.15, 0.2) is 84.9 Å². The van der Waals surface area contributed by atoms with Gasteiger partial charge in [-0.2, -0.15) is 0 Å². The van der Waals surface area contributed by atoms with Gasteiger partial charge in [-0.3, -0.25) is 4.79 Å². The van der Waals surface area contributed by atoms with Gasteiger partial charge in [0.05, 0.1) is 0 Å². The molecule has 0 saturated carbocycles. The molecule has 1 N–H and O–H groups in total. The van der Waals surface area contributed by atoms with Gasteiger partial charge in [-0.1, -0.05) is 79.7 Å². The van der Waals surface area contributed by atoms with Crippen molar-refractivity contribution in [2.45, 2.75) is 45.4 Å². The minimum Gasteiger partial charge on any atom is -0.489 e. The van der Waals surface area contributed by atoms with E-state index in [1.807, 2.05) is 91.9 Å². The molecule has 0 aliphatic heterocycles. The lowest BCUT2D eigenvalue weighted by atomic mass is 10.1. The van der Waals surface area contributed by atoms with E-state index in [1.54, 1.807) is 0 Å². The van der Waals surface area contributed by atoms with E-state index in [-0.39, 0.29) is 12.5 Å². The van der Waals surface area contributed by atoms with Crippen molar-refractivity contribution in [1.82, 2.24) is 5.32 Å². The third-order valence-electron chi connectivity index (χ3n) is 4.93. The van der Waals surface area contributed by atoms with Crippen molar-refractivity contribution >= 4 is 11.9 Å². The minimum absolute atomic E-state index is 0.156. The second-order valence-electron chi connectivity index (χ2n) is 7.59. The molecule has 0 bridgehead atoms. The largest absolute Gasteiger partial charge is 0.489 e. The number of carbonyl (C=O) groups excluding carboxylic acids is 2. The molecule has 1 atom stereocenters. The van der Waals surface area contributed by atoms with E-state index in [0.29, 0.717) is 25.9 Å². The predicted octanol–water partition coefficient (Wildman–Crippen LogP) is 4.84. The molecule has 5 nitrogen and oxygen atoms in total. The van der Waals surface area contributed by atoms with Crippen LogP contribution in [0.3, 0.4) is 0 Å². The summed E-state index contributed by atoms with van der Waals surface area (Å²) in [4.78, 5) is 24.9. The second kappa shape index (κ2) is 12.3. The predicted molar refractivity (Wildman–Crippen MR) is 124 cm³/mol. The lowest BCUT2D eigenvalue weighted by molar-refractivity contribution is -0.149. The Hall–Kier alpha value is -3.60. The molecule has 0 radical (unpaired) electrons. The van der Waals surface area contributed by atoms with Gasteiger partial charge in [0.15, 0.2) is 0 Å². The number of amides is 1. The van der Waals surface area contributed by atoms with Crippen molar-refractivity contribution in [2.24, 2.45) is 0 Å². The van der Waals surface area contributed by atoms with Crippen molar-refractivity contribution < 1.29 is 19.1 Å². The molecule has 3 aromatic carbocycles. The average Bonchev–Trinajstić information content (AvgIpc) is 2.83. The zero-order valence-corrected chi connectivity index (χ0v) is 18.3. The highest BCUT2D eigenvalue weighted by Gasteiger charge is 2.22. The highest BCUT2D eigenvalue weighted by molar-refractivity contribution is 5.84. The van der Waals surface area contributed by atoms with E-state index in [2.05, 4.69) is 5.32 Å². The molecule has 32 heavy (non-hydrogen) atoms. The van der Waals surface area contributed by atoms with Gasteiger partial charge < -0.3 is 14.8 Å². The Morgan fingerprint density at radius 1 is 0.781 bits per heavy atom. The van der Waals surface area contributed by atoms with Crippen LogP contribution in [0.4, 0.5) is 0 Å². The molecule has 0 aliphatic rings. The Labute approximate surface area is 189 Å². The minimum atomic E-state index is -0.742. The van der Waals surface area contributed by atoms with Gasteiger partial charge in [0.25, 0.3) is 0 Å². The molecule has 0 fully saturated rings. The molecule has 3 rings (SSSR count). The van der Waals surface area contributed by atoms with Crippen molar-refractivity contribution in [3.63, 3.8) is 0 Å². The lowest BCUT2D eigenvalue weighted by Gasteiger charge is -2.18. The molecular weight excluding hydrogens is 402 g/mol. The molecule has 166 valence electrons. The summed E-state index contributed by atoms with van der Waals surface area (Å²) in [7, 11) is 0. The quantitative estimate of drug-likeness (QED) is 0.442. The summed E-state index contributed by atoms with van der Waals surface area (Å²) in [6.07, 6.45) is 1.43. The molecular formula is C27H29NO4. The molecule has 1 amide bonds. The van der Waals surface area contributed by atoms with E-state index in [1.165, 1.54) is 0 Å². The lowest BCUT2D eigenvalue weighted by Crippen LogP contribution is -2.43. The zero-order valence-electron chi connectivity index (χ0n) is 18.3. The van der Waals surface area contributed by atoms with Crippen LogP contribution in [0, 0.1) is 0 Å². The Kier molecular flexibility index (Phi) is 8.87. The number of benzene rings is 3. The van der Waals surface area contributed by atoms with Crippen LogP contribution in [-0.4, -0.2) is 17.9 Å². The van der Waals surface area contributed by atoms with Gasteiger partial charge in [0, 0.05) is 12.8 Å². The summed E-state index contributed by atoms with van der Waals surface area (Å²) in [6, 6.07) is 26.3. The Bertz CT molecular complexity index is 972. The molecule has 0 heterocycles. The third kappa shape index (κ3) is 7.58. The second-order valence-corrected chi connectivity index (χ2v) is 7.59. The maximum Gasteiger partial charge on any atom is 0.329 e. The van der Waals surface area contributed by atoms with Crippen LogP contribution < -0.4 is 10.1 Å². The van der Waals surface area contributed by atoms with Crippen LogP contribution >= 0.6 is 0 Å². The molecule has 1 unspecified atom stereocenters. The van der Waals surface area contributed by atoms with Crippen LogP contribution in [0.2, 0.25) is 0 Å². The first kappa shape index (κ1) is 23.1. The van der Waals surface area contributed by atoms with E-state index in [4.69, 9.17) is 9.47 Å². The fraction of sp³-hybridized carbons (Fsp3) is 0.259. The summed E-state index contributed by atoms with van der Waals surface area (Å²) in [6.45, 7) is 2.59. The maximum absolute atomic E-state index is 12.7. The van der Waals surface area contributed by atoms with Crippen LogP contribution in [-0.2, 0) is 34.0 Å². The van der Waals surface area contributed by atoms with Gasteiger partial charge in [0.1, 0.15) is 25.0 Å². The average molecular weight is 432 g/mol. The standard InChI is InChI=1S/C27H29NO4/c1-2-9-26(29)28-25(27(30)32-20-23-12-7-4-8-13-23)18-21-14-16-24(17-15-21)31-19-22-10-5-3-6-11-22/h3-8,10-17,25H,2,9,18-20H2,1H3,(H,28,29). The summed E-state index contributed by atoms with van der Waals surface area (Å²) in [5, 5.41) is 2.82. The number of hydrogen-bond donors (Lipinski definition) is 1. The Balaban J connectivity index is 1.60. The SMILES string of the molecule is CCCC(=O)NC(Cc1ccc(OCc2ccccc2)cc1)C(=O)OCc1ccccc1. The number of nitrogens with one attached hydrogen (secondary N) is 1. The van der Waals surface area contributed by atoms with Crippen molar-refractivity contribution in [3.05, 3.63) is 102 Å². The number of hydrogen-bond acceptors (Lipinski definition) is 4. The van der Waals surface area contributed by atoms with Crippen LogP contribution in [0.25, 0.3) is 0 Å². The number of ether oxygens (including phenoxy) is 2. The topological polar surface area (TPSA) is 64.6 Å². The summed E-state index contributed by atoms with van der Waals surface area (Å²) >= 11 is 0. The first-order valence-electron chi connectivity index (χ1n) is 10.9. The number of carbonyl (C=O) groups is 2. The molecule has 0 aromatic heterocycles. The van der Waals surface area contributed by atoms with E-state index in [0.717, 1.165) is 22.4 Å². The first-order valence-corrected chi connectivity index (χ1v) is 10.9. The van der Waals surface area contributed by atoms with E-state index < -0.39 is 12.0 Å². The fourth-order valence-corrected chi connectivity index (χ4v) is 3.21. The smallest absolute Gasteiger partial charge is 0.329 e. The molecule has 5 heteroatoms. The summed E-state index contributed by atoms with van der Waals surface area (Å²) in [5.41, 5.74) is 2.91. The molecule has 0 spiro atoms. The van der Waals surface area contributed by atoms with Gasteiger partial charge in [-0.15, -0.1) is 0 Å². The third-order valence-corrected chi connectivity index (χ3v) is 4.93. The fourth-order valence-electron chi connectivity index (χ4n) is 3.21. The normalized spacial score (nSPS) is 11.4. The van der Waals surface area contributed by atoms with E-state index >= 15 is 0 Å². The zero-order chi connectivity index (χ0) is 22.6. The number of esters is 1. The van der Waals surface area contributed by atoms with Gasteiger partial charge >= 0.3 is 5.97 Å². The highest BCUT2D eigenvalue weighted by Crippen LogP contribution is 2.16. The maximum atomic E-state index is 12.7. The van der Waals surface area contributed by atoms with Gasteiger partial charge in [-0.25, -0.2) is 4.79 Å². The molecule has 3 aromatic rings. The first-order chi connectivity index (χ1) is 15.6. The summed E-state index contributed by atoms with van der Waals surface area (Å²) in [5.74, 6) is 0.149. The van der Waals surface area contributed by atoms with Gasteiger partial charge in [0.2, 0.25) is 5.91 Å². The monoisotopic (exact) mass is 431 g/mol. The van der Waals surface area contributed by atoms with Crippen molar-refractivity contribution in [1.29, 1.82) is 0 Å². The number of rotatable bonds is 11. The van der Waals surface area contributed by atoms with Crippen molar-refractivity contribution in [3.8, 4) is 5.75 Å². The Morgan fingerprint density at radius 3 is 1.97 bits per heavy atom. The molecule has 0 aliphatic carbocycles. The van der Waals surface area contributed by atoms with Crippen LogP contribution in [0.1, 0.15) is 36.5 Å². The summed E-state index contributed by atoms with van der Waals surface area (Å²) < 4.78 is 11.3. The highest BCUT2D eigenvalue weighted by atomic mass is 16.5. The van der Waals surface area contributed by atoms with Crippen molar-refractivity contribution in [2.75, 3.05) is 0 Å². The molecule has 0 saturated heterocycles. The van der Waals surface area contributed by atoms with Gasteiger partial charge in [-0.05, 0) is 35.2 Å².